The highest BCUT2D eigenvalue weighted by atomic mass is 16.1. The second kappa shape index (κ2) is 6.48. The molecule has 0 atom stereocenters. The van der Waals surface area contributed by atoms with Gasteiger partial charge in [0, 0.05) is 36.7 Å². The summed E-state index contributed by atoms with van der Waals surface area (Å²) in [5.74, 6) is 0.298. The lowest BCUT2D eigenvalue weighted by Crippen LogP contribution is -2.35. The average Bonchev–Trinajstić information content (AvgIpc) is 2.72. The molecule has 1 heterocycles. The molecule has 0 aliphatic carbocycles. The maximum Gasteiger partial charge on any atom is 0.138 e. The Labute approximate surface area is 122 Å². The predicted molar refractivity (Wildman–Crippen MR) is 80.3 cm³/mol. The summed E-state index contributed by atoms with van der Waals surface area (Å²) in [5.41, 5.74) is 0.759. The first-order chi connectivity index (χ1) is 9.08. The Balaban J connectivity index is 2.36. The van der Waals surface area contributed by atoms with Gasteiger partial charge < -0.3 is 5.32 Å². The van der Waals surface area contributed by atoms with Crippen molar-refractivity contribution in [3.05, 3.63) is 11.9 Å². The van der Waals surface area contributed by atoms with E-state index in [1.165, 1.54) is 0 Å². The van der Waals surface area contributed by atoms with Gasteiger partial charge in [-0.15, -0.1) is 5.10 Å². The fourth-order valence-corrected chi connectivity index (χ4v) is 1.66. The van der Waals surface area contributed by atoms with E-state index in [2.05, 4.69) is 36.4 Å². The van der Waals surface area contributed by atoms with Crippen LogP contribution < -0.4 is 5.32 Å². The molecule has 5 nitrogen and oxygen atoms in total. The molecule has 0 aliphatic rings. The molecule has 1 N–H and O–H groups in total. The van der Waals surface area contributed by atoms with Gasteiger partial charge in [0.15, 0.2) is 0 Å². The van der Waals surface area contributed by atoms with Gasteiger partial charge in [-0.3, -0.25) is 9.48 Å². The molecule has 1 rings (SSSR count). The third-order valence-electron chi connectivity index (χ3n) is 3.01. The molecule has 0 aliphatic heterocycles. The minimum absolute atomic E-state index is 0.0723. The first kappa shape index (κ1) is 16.8. The normalized spacial score (nSPS) is 12.7. The van der Waals surface area contributed by atoms with Crippen molar-refractivity contribution in [2.75, 3.05) is 0 Å². The summed E-state index contributed by atoms with van der Waals surface area (Å²) in [5, 5.41) is 11.6. The Hall–Kier alpha value is -1.23. The number of Topliss-reactive ketones (excluding diaryl/α,β-unsaturated/α-hetero) is 1. The molecule has 0 spiro atoms. The van der Waals surface area contributed by atoms with Crippen molar-refractivity contribution >= 4 is 5.78 Å². The number of aryl methyl sites for hydroxylation is 1. The van der Waals surface area contributed by atoms with Crippen molar-refractivity contribution in [2.45, 2.75) is 73.0 Å². The molecular weight excluding hydrogens is 252 g/mol. The van der Waals surface area contributed by atoms with Gasteiger partial charge in [-0.2, -0.15) is 0 Å². The summed E-state index contributed by atoms with van der Waals surface area (Å²) in [6.45, 7) is 13.7. The van der Waals surface area contributed by atoms with E-state index < -0.39 is 0 Å². The summed E-state index contributed by atoms with van der Waals surface area (Å²) in [4.78, 5) is 11.8. The number of hydrogen-bond donors (Lipinski definition) is 1. The van der Waals surface area contributed by atoms with E-state index in [0.717, 1.165) is 18.7 Å². The Morgan fingerprint density at radius 1 is 1.25 bits per heavy atom. The minimum Gasteiger partial charge on any atom is -0.306 e. The molecule has 0 radical (unpaired) electrons. The van der Waals surface area contributed by atoms with Crippen LogP contribution in [0, 0.1) is 5.41 Å². The van der Waals surface area contributed by atoms with Crippen molar-refractivity contribution in [1.82, 2.24) is 20.3 Å². The topological polar surface area (TPSA) is 59.8 Å². The monoisotopic (exact) mass is 280 g/mol. The molecule has 114 valence electrons. The zero-order chi connectivity index (χ0) is 15.4. The highest BCUT2D eigenvalue weighted by molar-refractivity contribution is 5.83. The van der Waals surface area contributed by atoms with Crippen molar-refractivity contribution in [3.63, 3.8) is 0 Å². The maximum atomic E-state index is 11.8. The molecule has 5 heteroatoms. The summed E-state index contributed by atoms with van der Waals surface area (Å²) in [6.07, 6.45) is 3.35. The largest absolute Gasteiger partial charge is 0.306 e. The summed E-state index contributed by atoms with van der Waals surface area (Å²) >= 11 is 0. The molecule has 1 aromatic heterocycles. The fraction of sp³-hybridized carbons (Fsp3) is 0.800. The lowest BCUT2D eigenvalue weighted by Gasteiger charge is -2.19. The van der Waals surface area contributed by atoms with Crippen LogP contribution in [0.5, 0.6) is 0 Å². The third kappa shape index (κ3) is 6.28. The Kier molecular flexibility index (Phi) is 5.45. The maximum absolute atomic E-state index is 11.8. The number of rotatable bonds is 6. The number of nitrogens with one attached hydrogen (secondary N) is 1. The molecule has 0 aromatic carbocycles. The number of hydrogen-bond acceptors (Lipinski definition) is 4. The number of aromatic nitrogens is 3. The van der Waals surface area contributed by atoms with Crippen molar-refractivity contribution in [3.8, 4) is 0 Å². The lowest BCUT2D eigenvalue weighted by atomic mass is 9.88. The zero-order valence-corrected chi connectivity index (χ0v) is 13.7. The van der Waals surface area contributed by atoms with Crippen LogP contribution in [0.25, 0.3) is 0 Å². The SMILES string of the molecule is CC(C)(C)NCc1cn(CCCC(=O)C(C)(C)C)nn1. The Bertz CT molecular complexity index is 437. The fourth-order valence-electron chi connectivity index (χ4n) is 1.66. The molecule has 0 saturated carbocycles. The van der Waals surface area contributed by atoms with Crippen LogP contribution >= 0.6 is 0 Å². The van der Waals surface area contributed by atoms with Crippen LogP contribution in [0.15, 0.2) is 6.20 Å². The molecule has 0 saturated heterocycles. The van der Waals surface area contributed by atoms with E-state index >= 15 is 0 Å². The van der Waals surface area contributed by atoms with E-state index in [9.17, 15) is 4.79 Å². The van der Waals surface area contributed by atoms with Gasteiger partial charge in [0.05, 0.1) is 5.69 Å². The van der Waals surface area contributed by atoms with Gasteiger partial charge in [0.1, 0.15) is 5.78 Å². The first-order valence-electron chi connectivity index (χ1n) is 7.25. The Morgan fingerprint density at radius 2 is 1.90 bits per heavy atom. The van der Waals surface area contributed by atoms with Gasteiger partial charge in [-0.05, 0) is 27.2 Å². The standard InChI is InChI=1S/C15H28N4O/c1-14(2,3)13(20)8-7-9-19-11-12(17-18-19)10-16-15(4,5)6/h11,16H,7-10H2,1-6H3. The van der Waals surface area contributed by atoms with Crippen LogP contribution in [-0.2, 0) is 17.9 Å². The van der Waals surface area contributed by atoms with Gasteiger partial charge in [0.25, 0.3) is 0 Å². The summed E-state index contributed by atoms with van der Waals surface area (Å²) < 4.78 is 1.82. The molecule has 0 unspecified atom stereocenters. The number of ketones is 1. The zero-order valence-electron chi connectivity index (χ0n) is 13.7. The van der Waals surface area contributed by atoms with Crippen molar-refractivity contribution < 1.29 is 4.79 Å². The molecule has 20 heavy (non-hydrogen) atoms. The van der Waals surface area contributed by atoms with E-state index in [1.807, 2.05) is 31.6 Å². The smallest absolute Gasteiger partial charge is 0.138 e. The minimum atomic E-state index is -0.246. The second-order valence-electron chi connectivity index (χ2n) is 7.35. The summed E-state index contributed by atoms with van der Waals surface area (Å²) in [6, 6.07) is 0. The highest BCUT2D eigenvalue weighted by Gasteiger charge is 2.20. The quantitative estimate of drug-likeness (QED) is 0.870. The molecule has 0 amide bonds. The molecule has 0 fully saturated rings. The van der Waals surface area contributed by atoms with Gasteiger partial charge in [-0.1, -0.05) is 26.0 Å². The number of carbonyl (C=O) groups is 1. The third-order valence-corrected chi connectivity index (χ3v) is 3.01. The number of nitrogens with zero attached hydrogens (tertiary/aromatic N) is 3. The van der Waals surface area contributed by atoms with E-state index in [0.29, 0.717) is 18.7 Å². The lowest BCUT2D eigenvalue weighted by molar-refractivity contribution is -0.126. The molecule has 0 bridgehead atoms. The molecule has 1 aromatic rings. The summed E-state index contributed by atoms with van der Waals surface area (Å²) in [7, 11) is 0. The van der Waals surface area contributed by atoms with Gasteiger partial charge in [-0.25, -0.2) is 0 Å². The van der Waals surface area contributed by atoms with Crippen LogP contribution in [0.4, 0.5) is 0 Å². The van der Waals surface area contributed by atoms with Crippen LogP contribution in [0.1, 0.15) is 60.1 Å². The van der Waals surface area contributed by atoms with Crippen LogP contribution in [-0.4, -0.2) is 26.3 Å². The van der Waals surface area contributed by atoms with Crippen LogP contribution in [0.3, 0.4) is 0 Å². The van der Waals surface area contributed by atoms with E-state index in [4.69, 9.17) is 0 Å². The Morgan fingerprint density at radius 3 is 2.45 bits per heavy atom. The average molecular weight is 280 g/mol. The van der Waals surface area contributed by atoms with Gasteiger partial charge in [0.2, 0.25) is 0 Å². The van der Waals surface area contributed by atoms with Crippen LogP contribution in [0.2, 0.25) is 0 Å². The molecular formula is C15H28N4O. The van der Waals surface area contributed by atoms with E-state index in [-0.39, 0.29) is 11.0 Å². The van der Waals surface area contributed by atoms with E-state index in [1.54, 1.807) is 0 Å². The highest BCUT2D eigenvalue weighted by Crippen LogP contribution is 2.17. The van der Waals surface area contributed by atoms with Crippen molar-refractivity contribution in [2.24, 2.45) is 5.41 Å². The van der Waals surface area contributed by atoms with Crippen molar-refractivity contribution in [1.29, 1.82) is 0 Å². The number of carbonyl (C=O) groups excluding carboxylic acids is 1. The first-order valence-corrected chi connectivity index (χ1v) is 7.25. The van der Waals surface area contributed by atoms with Gasteiger partial charge >= 0.3 is 0 Å². The second-order valence-corrected chi connectivity index (χ2v) is 7.35. The predicted octanol–water partition coefficient (Wildman–Crippen LogP) is 2.56.